The second kappa shape index (κ2) is 7.30. The first-order valence-electron chi connectivity index (χ1n) is 5.81. The highest BCUT2D eigenvalue weighted by Gasteiger charge is 2.07. The molecule has 0 bridgehead atoms. The van der Waals surface area contributed by atoms with Crippen LogP contribution in [0.5, 0.6) is 0 Å². The van der Waals surface area contributed by atoms with Crippen LogP contribution in [0.4, 0.5) is 0 Å². The molecule has 0 aliphatic rings. The summed E-state index contributed by atoms with van der Waals surface area (Å²) in [5.41, 5.74) is 1.08. The van der Waals surface area contributed by atoms with E-state index in [1.165, 1.54) is 0 Å². The van der Waals surface area contributed by atoms with Gasteiger partial charge in [0.05, 0.1) is 0 Å². The van der Waals surface area contributed by atoms with Gasteiger partial charge in [0, 0.05) is 17.5 Å². The summed E-state index contributed by atoms with van der Waals surface area (Å²) in [5, 5.41) is 12.6. The van der Waals surface area contributed by atoms with Crippen LogP contribution in [0.2, 0.25) is 5.02 Å². The molecule has 17 heavy (non-hydrogen) atoms. The molecular weight excluding hydrogens is 238 g/mol. The van der Waals surface area contributed by atoms with Gasteiger partial charge in [-0.1, -0.05) is 29.8 Å². The number of hydrogen-bond donors (Lipinski definition) is 2. The van der Waals surface area contributed by atoms with Crippen LogP contribution in [0.15, 0.2) is 24.3 Å². The highest BCUT2D eigenvalue weighted by atomic mass is 35.5. The van der Waals surface area contributed by atoms with Crippen LogP contribution in [-0.4, -0.2) is 17.6 Å². The molecule has 0 aromatic heterocycles. The van der Waals surface area contributed by atoms with E-state index in [0.29, 0.717) is 6.42 Å². The molecule has 1 aromatic carbocycles. The average Bonchev–Trinajstić information content (AvgIpc) is 2.28. The molecule has 1 rings (SSSR count). The van der Waals surface area contributed by atoms with Crippen molar-refractivity contribution in [2.75, 3.05) is 6.54 Å². The first-order valence-corrected chi connectivity index (χ1v) is 6.18. The Morgan fingerprint density at radius 3 is 2.76 bits per heavy atom. The summed E-state index contributed by atoms with van der Waals surface area (Å²) in [7, 11) is 0. The van der Waals surface area contributed by atoms with Gasteiger partial charge in [0.15, 0.2) is 0 Å². The minimum absolute atomic E-state index is 0.188. The fourth-order valence-corrected chi connectivity index (χ4v) is 1.96. The van der Waals surface area contributed by atoms with Gasteiger partial charge in [-0.2, -0.15) is 0 Å². The van der Waals surface area contributed by atoms with Crippen LogP contribution >= 0.6 is 11.6 Å². The minimum atomic E-state index is -0.732. The average molecular weight is 256 g/mol. The first kappa shape index (κ1) is 14.0. The monoisotopic (exact) mass is 255 g/mol. The number of carboxylic acid groups (broad SMARTS) is 1. The van der Waals surface area contributed by atoms with Crippen LogP contribution in [0, 0.1) is 0 Å². The van der Waals surface area contributed by atoms with Gasteiger partial charge in [-0.25, -0.2) is 0 Å². The van der Waals surface area contributed by atoms with E-state index in [1.807, 2.05) is 24.3 Å². The van der Waals surface area contributed by atoms with Crippen molar-refractivity contribution in [3.63, 3.8) is 0 Å². The molecule has 0 aliphatic carbocycles. The van der Waals surface area contributed by atoms with Crippen LogP contribution in [0.3, 0.4) is 0 Å². The molecule has 4 heteroatoms. The van der Waals surface area contributed by atoms with Gasteiger partial charge < -0.3 is 10.4 Å². The molecule has 0 amide bonds. The standard InChI is InChI=1S/C13H18ClNO2/c1-10(11-6-2-3-7-12(11)14)15-9-5-4-8-13(16)17/h2-3,6-7,10,15H,4-5,8-9H2,1H3,(H,16,17)/t10-/m0/s1. The Labute approximate surface area is 107 Å². The van der Waals surface area contributed by atoms with E-state index >= 15 is 0 Å². The highest BCUT2D eigenvalue weighted by Crippen LogP contribution is 2.21. The van der Waals surface area contributed by atoms with E-state index in [9.17, 15) is 4.79 Å². The van der Waals surface area contributed by atoms with Crippen molar-refractivity contribution in [1.29, 1.82) is 0 Å². The quantitative estimate of drug-likeness (QED) is 0.736. The molecule has 0 saturated carbocycles. The van der Waals surface area contributed by atoms with Crippen molar-refractivity contribution < 1.29 is 9.90 Å². The highest BCUT2D eigenvalue weighted by molar-refractivity contribution is 6.31. The first-order chi connectivity index (χ1) is 8.11. The molecule has 0 radical (unpaired) electrons. The fourth-order valence-electron chi connectivity index (χ4n) is 1.66. The summed E-state index contributed by atoms with van der Waals surface area (Å²) in [6, 6.07) is 7.93. The Hall–Kier alpha value is -1.06. The van der Waals surface area contributed by atoms with Crippen molar-refractivity contribution in [2.24, 2.45) is 0 Å². The largest absolute Gasteiger partial charge is 0.481 e. The number of aliphatic carboxylic acids is 1. The van der Waals surface area contributed by atoms with Crippen LogP contribution in [-0.2, 0) is 4.79 Å². The van der Waals surface area contributed by atoms with Crippen LogP contribution < -0.4 is 5.32 Å². The fraction of sp³-hybridized carbons (Fsp3) is 0.462. The normalized spacial score (nSPS) is 12.4. The summed E-state index contributed by atoms with van der Waals surface area (Å²) < 4.78 is 0. The lowest BCUT2D eigenvalue weighted by Gasteiger charge is -2.15. The minimum Gasteiger partial charge on any atom is -0.481 e. The molecule has 0 fully saturated rings. The lowest BCUT2D eigenvalue weighted by atomic mass is 10.1. The number of benzene rings is 1. The third-order valence-electron chi connectivity index (χ3n) is 2.64. The number of nitrogens with one attached hydrogen (secondary N) is 1. The number of unbranched alkanes of at least 4 members (excludes halogenated alkanes) is 1. The second-order valence-electron chi connectivity index (χ2n) is 4.05. The van der Waals surface area contributed by atoms with Gasteiger partial charge in [0.25, 0.3) is 0 Å². The number of carboxylic acids is 1. The third-order valence-corrected chi connectivity index (χ3v) is 2.98. The maximum absolute atomic E-state index is 10.3. The maximum atomic E-state index is 10.3. The van der Waals surface area contributed by atoms with E-state index in [0.717, 1.165) is 23.6 Å². The molecule has 0 saturated heterocycles. The molecule has 0 unspecified atom stereocenters. The van der Waals surface area contributed by atoms with Crippen molar-refractivity contribution in [3.8, 4) is 0 Å². The van der Waals surface area contributed by atoms with Gasteiger partial charge in [-0.15, -0.1) is 0 Å². The number of carbonyl (C=O) groups is 1. The van der Waals surface area contributed by atoms with Crippen molar-refractivity contribution in [1.82, 2.24) is 5.32 Å². The lowest BCUT2D eigenvalue weighted by molar-refractivity contribution is -0.137. The zero-order valence-electron chi connectivity index (χ0n) is 9.95. The van der Waals surface area contributed by atoms with Gasteiger partial charge in [0.1, 0.15) is 0 Å². The van der Waals surface area contributed by atoms with E-state index in [-0.39, 0.29) is 12.5 Å². The Balaban J connectivity index is 2.28. The van der Waals surface area contributed by atoms with E-state index < -0.39 is 5.97 Å². The predicted octanol–water partition coefficient (Wildman–Crippen LogP) is 3.25. The Bertz CT molecular complexity index is 368. The maximum Gasteiger partial charge on any atom is 0.303 e. The number of rotatable bonds is 7. The topological polar surface area (TPSA) is 49.3 Å². The molecular formula is C13H18ClNO2. The van der Waals surface area contributed by atoms with Crippen molar-refractivity contribution in [2.45, 2.75) is 32.2 Å². The van der Waals surface area contributed by atoms with E-state index in [2.05, 4.69) is 12.2 Å². The SMILES string of the molecule is C[C@H](NCCCCC(=O)O)c1ccccc1Cl. The molecule has 1 aromatic rings. The number of halogens is 1. The lowest BCUT2D eigenvalue weighted by Crippen LogP contribution is -2.20. The molecule has 2 N–H and O–H groups in total. The van der Waals surface area contributed by atoms with Gasteiger partial charge in [0.2, 0.25) is 0 Å². The Morgan fingerprint density at radius 2 is 2.12 bits per heavy atom. The summed E-state index contributed by atoms with van der Waals surface area (Å²) in [6.45, 7) is 2.86. The van der Waals surface area contributed by atoms with E-state index in [4.69, 9.17) is 16.7 Å². The molecule has 0 heterocycles. The van der Waals surface area contributed by atoms with E-state index in [1.54, 1.807) is 0 Å². The molecule has 3 nitrogen and oxygen atoms in total. The molecule has 0 spiro atoms. The van der Waals surface area contributed by atoms with Crippen molar-refractivity contribution in [3.05, 3.63) is 34.9 Å². The predicted molar refractivity (Wildman–Crippen MR) is 69.4 cm³/mol. The summed E-state index contributed by atoms with van der Waals surface area (Å²) >= 11 is 6.08. The zero-order valence-corrected chi connectivity index (χ0v) is 10.7. The molecule has 94 valence electrons. The second-order valence-corrected chi connectivity index (χ2v) is 4.46. The zero-order chi connectivity index (χ0) is 12.7. The Morgan fingerprint density at radius 1 is 1.41 bits per heavy atom. The Kier molecular flexibility index (Phi) is 6.01. The summed E-state index contributed by atoms with van der Waals surface area (Å²) in [4.78, 5) is 10.3. The number of hydrogen-bond acceptors (Lipinski definition) is 2. The summed E-state index contributed by atoms with van der Waals surface area (Å²) in [6.07, 6.45) is 1.81. The molecule has 0 aliphatic heterocycles. The van der Waals surface area contributed by atoms with Gasteiger partial charge in [-0.05, 0) is 37.9 Å². The van der Waals surface area contributed by atoms with Crippen LogP contribution in [0.1, 0.15) is 37.8 Å². The summed E-state index contributed by atoms with van der Waals surface area (Å²) in [5.74, 6) is -0.732. The van der Waals surface area contributed by atoms with Crippen LogP contribution in [0.25, 0.3) is 0 Å². The van der Waals surface area contributed by atoms with Crippen molar-refractivity contribution >= 4 is 17.6 Å². The molecule has 1 atom stereocenters. The third kappa shape index (κ3) is 5.20. The van der Waals surface area contributed by atoms with Gasteiger partial charge >= 0.3 is 5.97 Å². The smallest absolute Gasteiger partial charge is 0.303 e. The van der Waals surface area contributed by atoms with Gasteiger partial charge in [-0.3, -0.25) is 4.79 Å².